The highest BCUT2D eigenvalue weighted by Gasteiger charge is 2.14. The molecule has 0 saturated carbocycles. The van der Waals surface area contributed by atoms with Crippen LogP contribution in [0.3, 0.4) is 0 Å². The summed E-state index contributed by atoms with van der Waals surface area (Å²) in [5.41, 5.74) is 0.621. The van der Waals surface area contributed by atoms with Gasteiger partial charge in [0.1, 0.15) is 5.82 Å². The zero-order valence-electron chi connectivity index (χ0n) is 10.6. The van der Waals surface area contributed by atoms with Gasteiger partial charge in [0.2, 0.25) is 5.91 Å². The summed E-state index contributed by atoms with van der Waals surface area (Å²) in [6.45, 7) is 2.10. The van der Waals surface area contributed by atoms with E-state index in [9.17, 15) is 14.0 Å². The third-order valence-electron chi connectivity index (χ3n) is 2.51. The van der Waals surface area contributed by atoms with Crippen LogP contribution in [0.5, 0.6) is 0 Å². The third kappa shape index (κ3) is 5.74. The summed E-state index contributed by atoms with van der Waals surface area (Å²) in [4.78, 5) is 22.1. The second-order valence-electron chi connectivity index (χ2n) is 4.01. The van der Waals surface area contributed by atoms with Crippen LogP contribution in [0.4, 0.5) is 4.39 Å². The minimum atomic E-state index is -0.871. The standard InChI is InChI=1S/C13H16FNO3S/c1-9(10-3-2-4-11(14)7-10)13(18)15-5-6-19-8-12(16)17/h2-4,7,9H,5-6,8H2,1H3,(H,15,18)(H,16,17). The zero-order chi connectivity index (χ0) is 14.3. The molecule has 0 aliphatic carbocycles. The molecular formula is C13H16FNO3S. The lowest BCUT2D eigenvalue weighted by molar-refractivity contribution is -0.133. The van der Waals surface area contributed by atoms with E-state index in [0.29, 0.717) is 17.9 Å². The molecule has 0 aliphatic heterocycles. The van der Waals surface area contributed by atoms with E-state index in [0.717, 1.165) is 0 Å². The summed E-state index contributed by atoms with van der Waals surface area (Å²) >= 11 is 1.24. The van der Waals surface area contributed by atoms with Crippen LogP contribution in [0, 0.1) is 5.82 Å². The molecule has 1 unspecified atom stereocenters. The van der Waals surface area contributed by atoms with E-state index in [4.69, 9.17) is 5.11 Å². The lowest BCUT2D eigenvalue weighted by Crippen LogP contribution is -2.30. The Morgan fingerprint density at radius 1 is 1.47 bits per heavy atom. The largest absolute Gasteiger partial charge is 0.481 e. The number of carboxylic acids is 1. The first-order valence-electron chi connectivity index (χ1n) is 5.83. The van der Waals surface area contributed by atoms with Gasteiger partial charge in [0.25, 0.3) is 0 Å². The minimum Gasteiger partial charge on any atom is -0.481 e. The number of carboxylic acid groups (broad SMARTS) is 1. The molecule has 1 rings (SSSR count). The quantitative estimate of drug-likeness (QED) is 0.751. The van der Waals surface area contributed by atoms with Crippen molar-refractivity contribution in [3.05, 3.63) is 35.6 Å². The molecule has 0 fully saturated rings. The van der Waals surface area contributed by atoms with Crippen molar-refractivity contribution in [2.45, 2.75) is 12.8 Å². The Hall–Kier alpha value is -1.56. The highest BCUT2D eigenvalue weighted by molar-refractivity contribution is 7.99. The highest BCUT2D eigenvalue weighted by Crippen LogP contribution is 2.16. The summed E-state index contributed by atoms with van der Waals surface area (Å²) in [7, 11) is 0. The second-order valence-corrected chi connectivity index (χ2v) is 5.12. The van der Waals surface area contributed by atoms with Crippen LogP contribution < -0.4 is 5.32 Å². The number of hydrogen-bond donors (Lipinski definition) is 2. The average Bonchev–Trinajstić information content (AvgIpc) is 2.36. The fourth-order valence-corrected chi connectivity index (χ4v) is 2.05. The number of thioether (sulfide) groups is 1. The van der Waals surface area contributed by atoms with Crippen LogP contribution in [0.1, 0.15) is 18.4 Å². The Balaban J connectivity index is 2.35. The highest BCUT2D eigenvalue weighted by atomic mass is 32.2. The van der Waals surface area contributed by atoms with Crippen LogP contribution in [0.2, 0.25) is 0 Å². The van der Waals surface area contributed by atoms with E-state index >= 15 is 0 Å². The predicted molar refractivity (Wildman–Crippen MR) is 72.8 cm³/mol. The molecule has 0 spiro atoms. The van der Waals surface area contributed by atoms with Crippen LogP contribution in [-0.2, 0) is 9.59 Å². The lowest BCUT2D eigenvalue weighted by Gasteiger charge is -2.12. The molecular weight excluding hydrogens is 269 g/mol. The zero-order valence-corrected chi connectivity index (χ0v) is 11.4. The fraction of sp³-hybridized carbons (Fsp3) is 0.385. The van der Waals surface area contributed by atoms with E-state index < -0.39 is 11.9 Å². The van der Waals surface area contributed by atoms with Crippen molar-refractivity contribution in [3.63, 3.8) is 0 Å². The van der Waals surface area contributed by atoms with Gasteiger partial charge in [-0.25, -0.2) is 4.39 Å². The maximum absolute atomic E-state index is 13.0. The molecule has 0 aromatic heterocycles. The van der Waals surface area contributed by atoms with Gasteiger partial charge in [-0.15, -0.1) is 11.8 Å². The van der Waals surface area contributed by atoms with Gasteiger partial charge in [-0.2, -0.15) is 0 Å². The first-order chi connectivity index (χ1) is 9.00. The van der Waals surface area contributed by atoms with E-state index in [-0.39, 0.29) is 17.5 Å². The number of carbonyl (C=O) groups excluding carboxylic acids is 1. The number of halogens is 1. The third-order valence-corrected chi connectivity index (χ3v) is 3.46. The van der Waals surface area contributed by atoms with Crippen LogP contribution in [-0.4, -0.2) is 35.0 Å². The molecule has 19 heavy (non-hydrogen) atoms. The number of benzene rings is 1. The van der Waals surface area contributed by atoms with Crippen LogP contribution in [0.25, 0.3) is 0 Å². The fourth-order valence-electron chi connectivity index (χ4n) is 1.49. The molecule has 0 radical (unpaired) electrons. The monoisotopic (exact) mass is 285 g/mol. The van der Waals surface area contributed by atoms with Crippen molar-refractivity contribution in [3.8, 4) is 0 Å². The van der Waals surface area contributed by atoms with Crippen molar-refractivity contribution >= 4 is 23.6 Å². The first kappa shape index (κ1) is 15.5. The Morgan fingerprint density at radius 2 is 2.21 bits per heavy atom. The van der Waals surface area contributed by atoms with Gasteiger partial charge < -0.3 is 10.4 Å². The predicted octanol–water partition coefficient (Wildman–Crippen LogP) is 1.86. The Bertz CT molecular complexity index is 453. The van der Waals surface area contributed by atoms with Gasteiger partial charge in [-0.05, 0) is 24.6 Å². The Labute approximate surface area is 115 Å². The van der Waals surface area contributed by atoms with Gasteiger partial charge in [-0.3, -0.25) is 9.59 Å². The number of amides is 1. The van der Waals surface area contributed by atoms with Crippen molar-refractivity contribution < 1.29 is 19.1 Å². The van der Waals surface area contributed by atoms with Crippen molar-refractivity contribution in [2.75, 3.05) is 18.1 Å². The molecule has 2 N–H and O–H groups in total. The molecule has 0 heterocycles. The summed E-state index contributed by atoms with van der Waals surface area (Å²) in [6.07, 6.45) is 0. The van der Waals surface area contributed by atoms with Crippen molar-refractivity contribution in [1.82, 2.24) is 5.32 Å². The summed E-state index contributed by atoms with van der Waals surface area (Å²) < 4.78 is 13.0. The number of hydrogen-bond acceptors (Lipinski definition) is 3. The summed E-state index contributed by atoms with van der Waals surface area (Å²) in [5.74, 6) is -1.30. The molecule has 1 atom stereocenters. The maximum atomic E-state index is 13.0. The second kappa shape index (κ2) is 7.78. The first-order valence-corrected chi connectivity index (χ1v) is 6.99. The molecule has 6 heteroatoms. The van der Waals surface area contributed by atoms with Gasteiger partial charge in [0, 0.05) is 12.3 Å². The van der Waals surface area contributed by atoms with Crippen molar-refractivity contribution in [2.24, 2.45) is 0 Å². The van der Waals surface area contributed by atoms with E-state index in [1.54, 1.807) is 19.1 Å². The normalized spacial score (nSPS) is 11.9. The number of nitrogens with one attached hydrogen (secondary N) is 1. The molecule has 1 aromatic rings. The van der Waals surface area contributed by atoms with Gasteiger partial charge >= 0.3 is 5.97 Å². The molecule has 0 aliphatic rings. The van der Waals surface area contributed by atoms with Crippen molar-refractivity contribution in [1.29, 1.82) is 0 Å². The van der Waals surface area contributed by atoms with Gasteiger partial charge in [0.15, 0.2) is 0 Å². The molecule has 104 valence electrons. The van der Waals surface area contributed by atoms with E-state index in [1.165, 1.54) is 23.9 Å². The number of rotatable bonds is 7. The SMILES string of the molecule is CC(C(=O)NCCSCC(=O)O)c1cccc(F)c1. The van der Waals surface area contributed by atoms with Crippen LogP contribution in [0.15, 0.2) is 24.3 Å². The lowest BCUT2D eigenvalue weighted by atomic mass is 10.0. The number of aliphatic carboxylic acids is 1. The Kier molecular flexibility index (Phi) is 6.35. The topological polar surface area (TPSA) is 66.4 Å². The maximum Gasteiger partial charge on any atom is 0.313 e. The van der Waals surface area contributed by atoms with Gasteiger partial charge in [-0.1, -0.05) is 12.1 Å². The van der Waals surface area contributed by atoms with E-state index in [1.807, 2.05) is 0 Å². The van der Waals surface area contributed by atoms with E-state index in [2.05, 4.69) is 5.32 Å². The molecule has 0 saturated heterocycles. The molecule has 1 aromatic carbocycles. The molecule has 0 bridgehead atoms. The smallest absolute Gasteiger partial charge is 0.313 e. The minimum absolute atomic E-state index is 0.0231. The number of carbonyl (C=O) groups is 2. The summed E-state index contributed by atoms with van der Waals surface area (Å²) in [5, 5.41) is 11.1. The average molecular weight is 285 g/mol. The van der Waals surface area contributed by atoms with Crippen LogP contribution >= 0.6 is 11.8 Å². The summed E-state index contributed by atoms with van der Waals surface area (Å²) in [6, 6.07) is 5.93. The van der Waals surface area contributed by atoms with Gasteiger partial charge in [0.05, 0.1) is 11.7 Å². The molecule has 4 nitrogen and oxygen atoms in total. The Morgan fingerprint density at radius 3 is 2.84 bits per heavy atom. The molecule has 1 amide bonds.